The number of carbonyl (C=O) groups is 3. The number of hydrogen-bond acceptors (Lipinski definition) is 7. The summed E-state index contributed by atoms with van der Waals surface area (Å²) in [5.74, 6) is -2.04. The topological polar surface area (TPSA) is 108 Å². The largest absolute Gasteiger partial charge is 0.477 e. The Kier molecular flexibility index (Phi) is 60.4. The minimum atomic E-state index is -1.52. The van der Waals surface area contributed by atoms with Crippen LogP contribution in [0.15, 0.2) is 122 Å². The van der Waals surface area contributed by atoms with Crippen LogP contribution in [-0.2, 0) is 33.3 Å². The molecule has 0 aliphatic heterocycles. The van der Waals surface area contributed by atoms with Gasteiger partial charge in [-0.1, -0.05) is 277 Å². The highest BCUT2D eigenvalue weighted by Crippen LogP contribution is 2.17. The molecule has 0 heterocycles. The monoisotopic (exact) mass is 1160 g/mol. The molecule has 0 saturated heterocycles. The first kappa shape index (κ1) is 78.7. The number of carboxylic acids is 1. The van der Waals surface area contributed by atoms with Crippen LogP contribution in [0, 0.1) is 0 Å². The van der Waals surface area contributed by atoms with Gasteiger partial charge < -0.3 is 28.5 Å². The SMILES string of the molecule is CC/C=C\C/C=C\C/C=C\C/C=C\C/C=C\C/C=C\CCCCCCCCCCCCCCCCCCCCCCCCC(=O)OC(COC(=O)CCCCCC/C=C\C/C=C\C/C=C\C/C=C\CC)COC(OCC[N+](C)(C)C)C(=O)O. The summed E-state index contributed by atoms with van der Waals surface area (Å²) in [6.45, 7) is 4.63. The molecular formula is C74H126NO8+. The number of likely N-dealkylation sites (N-methyl/N-ethyl adjacent to an activating group) is 1. The molecule has 2 atom stereocenters. The van der Waals surface area contributed by atoms with Gasteiger partial charge in [0.2, 0.25) is 0 Å². The van der Waals surface area contributed by atoms with Gasteiger partial charge in [0.05, 0.1) is 34.4 Å². The Hall–Kier alpha value is -4.31. The summed E-state index contributed by atoms with van der Waals surface area (Å²) in [4.78, 5) is 37.5. The zero-order valence-electron chi connectivity index (χ0n) is 54.1. The van der Waals surface area contributed by atoms with Gasteiger partial charge in [-0.2, -0.15) is 0 Å². The lowest BCUT2D eigenvalue weighted by atomic mass is 10.0. The van der Waals surface area contributed by atoms with Crippen molar-refractivity contribution in [1.29, 1.82) is 0 Å². The highest BCUT2D eigenvalue weighted by Gasteiger charge is 2.25. The van der Waals surface area contributed by atoms with Crippen LogP contribution in [0.2, 0.25) is 0 Å². The fourth-order valence-electron chi connectivity index (χ4n) is 9.13. The Balaban J connectivity index is 4.02. The van der Waals surface area contributed by atoms with E-state index in [0.717, 1.165) is 103 Å². The molecule has 83 heavy (non-hydrogen) atoms. The third kappa shape index (κ3) is 65.1. The van der Waals surface area contributed by atoms with Gasteiger partial charge in [0, 0.05) is 12.8 Å². The second kappa shape index (κ2) is 63.7. The van der Waals surface area contributed by atoms with Gasteiger partial charge in [-0.25, -0.2) is 4.79 Å². The van der Waals surface area contributed by atoms with E-state index in [2.05, 4.69) is 135 Å². The molecule has 0 aromatic heterocycles. The molecule has 0 aromatic carbocycles. The van der Waals surface area contributed by atoms with Crippen LogP contribution >= 0.6 is 0 Å². The molecule has 9 heteroatoms. The van der Waals surface area contributed by atoms with E-state index >= 15 is 0 Å². The fraction of sp³-hybridized carbons (Fsp3) is 0.689. The van der Waals surface area contributed by atoms with Crippen LogP contribution in [-0.4, -0.2) is 87.4 Å². The van der Waals surface area contributed by atoms with Crippen molar-refractivity contribution in [1.82, 2.24) is 0 Å². The van der Waals surface area contributed by atoms with E-state index in [-0.39, 0.29) is 38.6 Å². The number of rotatable bonds is 61. The average Bonchev–Trinajstić information content (AvgIpc) is 3.46. The smallest absolute Gasteiger partial charge is 0.361 e. The number of hydrogen-bond donors (Lipinski definition) is 1. The molecule has 0 aromatic rings. The second-order valence-corrected chi connectivity index (χ2v) is 23.4. The Morgan fingerprint density at radius 1 is 0.361 bits per heavy atom. The lowest BCUT2D eigenvalue weighted by molar-refractivity contribution is -0.870. The predicted molar refractivity (Wildman–Crippen MR) is 354 cm³/mol. The summed E-state index contributed by atoms with van der Waals surface area (Å²) in [5.41, 5.74) is 0. The van der Waals surface area contributed by atoms with Gasteiger partial charge in [-0.15, -0.1) is 0 Å². The highest BCUT2D eigenvalue weighted by atomic mass is 16.7. The van der Waals surface area contributed by atoms with Gasteiger partial charge in [0.1, 0.15) is 13.2 Å². The van der Waals surface area contributed by atoms with E-state index in [1.54, 1.807) is 0 Å². The molecule has 0 amide bonds. The number of allylic oxidation sites excluding steroid dienone is 20. The quantitative estimate of drug-likeness (QED) is 0.0211. The van der Waals surface area contributed by atoms with Gasteiger partial charge in [-0.3, -0.25) is 9.59 Å². The number of unbranched alkanes of at least 4 members (excludes halogenated alkanes) is 26. The lowest BCUT2D eigenvalue weighted by Crippen LogP contribution is -2.40. The van der Waals surface area contributed by atoms with E-state index in [0.29, 0.717) is 23.9 Å². The van der Waals surface area contributed by atoms with Crippen molar-refractivity contribution in [2.24, 2.45) is 0 Å². The highest BCUT2D eigenvalue weighted by molar-refractivity contribution is 5.71. The van der Waals surface area contributed by atoms with Crippen LogP contribution in [0.25, 0.3) is 0 Å². The maximum Gasteiger partial charge on any atom is 0.361 e. The van der Waals surface area contributed by atoms with Gasteiger partial charge in [0.25, 0.3) is 6.29 Å². The normalized spacial score (nSPS) is 13.5. The summed E-state index contributed by atoms with van der Waals surface area (Å²) >= 11 is 0. The third-order valence-corrected chi connectivity index (χ3v) is 14.2. The molecular weight excluding hydrogens is 1030 g/mol. The number of ether oxygens (including phenoxy) is 4. The van der Waals surface area contributed by atoms with Gasteiger partial charge in [-0.05, 0) is 103 Å². The second-order valence-electron chi connectivity index (χ2n) is 23.4. The fourth-order valence-corrected chi connectivity index (χ4v) is 9.13. The Labute approximate surface area is 510 Å². The molecule has 0 spiro atoms. The lowest BCUT2D eigenvalue weighted by Gasteiger charge is -2.25. The van der Waals surface area contributed by atoms with E-state index in [9.17, 15) is 19.5 Å². The first-order chi connectivity index (χ1) is 40.6. The molecule has 0 fully saturated rings. The Morgan fingerprint density at radius 2 is 0.651 bits per heavy atom. The summed E-state index contributed by atoms with van der Waals surface area (Å²) in [6, 6.07) is 0. The molecule has 1 N–H and O–H groups in total. The molecule has 0 radical (unpaired) electrons. The summed E-state index contributed by atoms with van der Waals surface area (Å²) in [6.07, 6.45) is 87.5. The standard InChI is InChI=1S/C74H125NO8/c1-6-8-10-12-14-16-18-20-22-24-25-26-27-28-29-30-31-32-33-34-35-36-37-38-39-40-41-42-43-44-45-46-47-49-51-53-55-57-59-61-63-65-72(77)83-70(69-82-74(73(78)79)80-67-66-75(3,4)5)68-81-71(76)64-62-60-58-56-54-52-50-48-23-21-19-17-15-13-11-9-7-2/h8-11,14-17,20-23,25-26,28-29,31-32,50,52,70,74H,6-7,12-13,18-19,24,27,30,33-49,51,53-69H2,1-5H3/p+1/b10-8-,11-9-,16-14-,17-15-,22-20-,23-21-,26-25-,29-28-,32-31-,52-50-. The van der Waals surface area contributed by atoms with Crippen molar-refractivity contribution in [3.8, 4) is 0 Å². The number of esters is 2. The summed E-state index contributed by atoms with van der Waals surface area (Å²) in [5, 5.41) is 9.72. The summed E-state index contributed by atoms with van der Waals surface area (Å²) < 4.78 is 22.9. The Morgan fingerprint density at radius 3 is 0.964 bits per heavy atom. The van der Waals surface area contributed by atoms with Crippen LogP contribution in [0.1, 0.15) is 271 Å². The van der Waals surface area contributed by atoms with E-state index in [1.165, 1.54) is 128 Å². The number of carboxylic acid groups (broad SMARTS) is 1. The number of carbonyl (C=O) groups excluding carboxylic acids is 2. The van der Waals surface area contributed by atoms with Gasteiger partial charge in [0.15, 0.2) is 6.10 Å². The summed E-state index contributed by atoms with van der Waals surface area (Å²) in [7, 11) is 5.96. The molecule has 9 nitrogen and oxygen atoms in total. The van der Waals surface area contributed by atoms with Crippen molar-refractivity contribution in [3.05, 3.63) is 122 Å². The van der Waals surface area contributed by atoms with Crippen LogP contribution in [0.4, 0.5) is 0 Å². The minimum Gasteiger partial charge on any atom is -0.477 e. The van der Waals surface area contributed by atoms with Crippen molar-refractivity contribution in [2.75, 3.05) is 47.5 Å². The van der Waals surface area contributed by atoms with Crippen LogP contribution in [0.5, 0.6) is 0 Å². The van der Waals surface area contributed by atoms with E-state index in [4.69, 9.17) is 18.9 Å². The first-order valence-electron chi connectivity index (χ1n) is 33.7. The van der Waals surface area contributed by atoms with Crippen LogP contribution in [0.3, 0.4) is 0 Å². The van der Waals surface area contributed by atoms with Gasteiger partial charge >= 0.3 is 17.9 Å². The van der Waals surface area contributed by atoms with E-state index < -0.39 is 24.3 Å². The first-order valence-corrected chi connectivity index (χ1v) is 33.7. The molecule has 474 valence electrons. The Bertz CT molecular complexity index is 1780. The molecule has 2 unspecified atom stereocenters. The number of quaternary nitrogens is 1. The van der Waals surface area contributed by atoms with E-state index in [1.807, 2.05) is 21.1 Å². The minimum absolute atomic E-state index is 0.180. The van der Waals surface area contributed by atoms with Crippen molar-refractivity contribution in [2.45, 2.75) is 283 Å². The third-order valence-electron chi connectivity index (χ3n) is 14.2. The molecule has 0 rings (SSSR count). The van der Waals surface area contributed by atoms with Crippen molar-refractivity contribution >= 4 is 17.9 Å². The maximum atomic E-state index is 12.9. The zero-order valence-corrected chi connectivity index (χ0v) is 54.1. The molecule has 0 aliphatic carbocycles. The van der Waals surface area contributed by atoms with Crippen LogP contribution < -0.4 is 0 Å². The molecule has 0 bridgehead atoms. The molecule has 0 aliphatic rings. The molecule has 0 saturated carbocycles. The number of aliphatic carboxylic acids is 1. The maximum absolute atomic E-state index is 12.9. The zero-order chi connectivity index (χ0) is 60.5. The predicted octanol–water partition coefficient (Wildman–Crippen LogP) is 20.8. The van der Waals surface area contributed by atoms with Crippen molar-refractivity contribution in [3.63, 3.8) is 0 Å². The number of nitrogens with zero attached hydrogens (tertiary/aromatic N) is 1. The average molecular weight is 1160 g/mol. The van der Waals surface area contributed by atoms with Crippen molar-refractivity contribution < 1.29 is 42.9 Å².